The Hall–Kier alpha value is -3.15. The summed E-state index contributed by atoms with van der Waals surface area (Å²) >= 11 is 3.73. The van der Waals surface area contributed by atoms with Crippen LogP contribution in [-0.4, -0.2) is 9.55 Å². The van der Waals surface area contributed by atoms with Crippen LogP contribution >= 0.6 is 15.9 Å². The second-order valence-corrected chi connectivity index (χ2v) is 8.18. The van der Waals surface area contributed by atoms with E-state index in [4.69, 9.17) is 0 Å². The van der Waals surface area contributed by atoms with E-state index in [9.17, 15) is 4.39 Å². The van der Waals surface area contributed by atoms with Gasteiger partial charge in [-0.1, -0.05) is 46.3 Å². The normalized spacial score (nSPS) is 11.3. The van der Waals surface area contributed by atoms with Crippen LogP contribution in [0.5, 0.6) is 0 Å². The molecular formula is C25H16BrClFN3. The molecule has 0 saturated heterocycles. The molecule has 0 aliphatic heterocycles. The van der Waals surface area contributed by atoms with Gasteiger partial charge < -0.3 is 17.4 Å². The summed E-state index contributed by atoms with van der Waals surface area (Å²) in [5.41, 5.74) is 6.25. The molecule has 3 aromatic heterocycles. The number of H-pyrrole nitrogens is 1. The highest BCUT2D eigenvalue weighted by molar-refractivity contribution is 9.10. The third-order valence-electron chi connectivity index (χ3n) is 5.58. The Morgan fingerprint density at radius 2 is 1.58 bits per heavy atom. The Morgan fingerprint density at radius 3 is 2.39 bits per heavy atom. The average Bonchev–Trinajstić information content (AvgIpc) is 3.33. The minimum Gasteiger partial charge on any atom is -1.00 e. The van der Waals surface area contributed by atoms with Gasteiger partial charge in [-0.15, -0.1) is 0 Å². The molecule has 0 unspecified atom stereocenters. The van der Waals surface area contributed by atoms with Crippen LogP contribution in [0.25, 0.3) is 44.3 Å². The summed E-state index contributed by atoms with van der Waals surface area (Å²) in [6.45, 7) is 0. The Kier molecular flexibility index (Phi) is 4.80. The van der Waals surface area contributed by atoms with Crippen molar-refractivity contribution in [1.29, 1.82) is 0 Å². The van der Waals surface area contributed by atoms with Crippen LogP contribution in [0.4, 0.5) is 4.39 Å². The van der Waals surface area contributed by atoms with Crippen molar-refractivity contribution in [2.75, 3.05) is 0 Å². The zero-order valence-electron chi connectivity index (χ0n) is 16.2. The largest absolute Gasteiger partial charge is 1.00 e. The first kappa shape index (κ1) is 19.8. The number of benzene rings is 3. The molecular weight excluding hydrogens is 477 g/mol. The van der Waals surface area contributed by atoms with Gasteiger partial charge in [0.25, 0.3) is 6.33 Å². The molecule has 0 spiro atoms. The fraction of sp³-hybridized carbons (Fsp3) is 0. The van der Waals surface area contributed by atoms with Crippen molar-refractivity contribution in [3.8, 4) is 16.9 Å². The van der Waals surface area contributed by atoms with Crippen molar-refractivity contribution in [2.45, 2.75) is 0 Å². The molecule has 31 heavy (non-hydrogen) atoms. The number of aromatic nitrogens is 3. The smallest absolute Gasteiger partial charge is 0.254 e. The predicted molar refractivity (Wildman–Crippen MR) is 121 cm³/mol. The number of nitrogens with zero attached hydrogens (tertiary/aromatic N) is 2. The molecule has 0 bridgehead atoms. The number of hydrogen-bond acceptors (Lipinski definition) is 0. The highest BCUT2D eigenvalue weighted by Gasteiger charge is 2.26. The Balaban J connectivity index is 0.00000204. The summed E-state index contributed by atoms with van der Waals surface area (Å²) in [5, 5.41) is 2.37. The lowest BCUT2D eigenvalue weighted by Gasteiger charge is -2.05. The zero-order valence-corrected chi connectivity index (χ0v) is 18.5. The molecule has 6 aromatic rings. The molecule has 0 amide bonds. The minimum absolute atomic E-state index is 0. The van der Waals surface area contributed by atoms with E-state index in [1.54, 1.807) is 12.1 Å². The summed E-state index contributed by atoms with van der Waals surface area (Å²) < 4.78 is 18.8. The molecule has 3 aromatic carbocycles. The van der Waals surface area contributed by atoms with Crippen LogP contribution in [0, 0.1) is 5.82 Å². The number of pyridine rings is 1. The number of nitrogens with one attached hydrogen (secondary N) is 1. The molecule has 6 heteroatoms. The topological polar surface area (TPSA) is 24.8 Å². The van der Waals surface area contributed by atoms with Crippen molar-refractivity contribution in [3.05, 3.63) is 102 Å². The van der Waals surface area contributed by atoms with Gasteiger partial charge >= 0.3 is 0 Å². The Bertz CT molecular complexity index is 1570. The number of aromatic amines is 1. The van der Waals surface area contributed by atoms with Crippen molar-refractivity contribution < 1.29 is 21.2 Å². The summed E-state index contributed by atoms with van der Waals surface area (Å²) in [6.07, 6.45) is 4.13. The predicted octanol–water partition coefficient (Wildman–Crippen LogP) is 3.42. The summed E-state index contributed by atoms with van der Waals surface area (Å²) in [4.78, 5) is 3.62. The second kappa shape index (κ2) is 7.52. The van der Waals surface area contributed by atoms with Crippen LogP contribution < -0.4 is 16.8 Å². The first-order valence-corrected chi connectivity index (χ1v) is 10.5. The molecule has 3 heterocycles. The lowest BCUT2D eigenvalue weighted by Crippen LogP contribution is -3.00. The van der Waals surface area contributed by atoms with E-state index in [0.717, 1.165) is 38.0 Å². The highest BCUT2D eigenvalue weighted by Crippen LogP contribution is 2.36. The minimum atomic E-state index is -0.247. The van der Waals surface area contributed by atoms with Crippen LogP contribution in [0.2, 0.25) is 0 Å². The van der Waals surface area contributed by atoms with Gasteiger partial charge in [0.15, 0.2) is 5.69 Å². The van der Waals surface area contributed by atoms with E-state index in [1.165, 1.54) is 22.9 Å². The van der Waals surface area contributed by atoms with Crippen molar-refractivity contribution >= 4 is 43.3 Å². The molecule has 152 valence electrons. The summed E-state index contributed by atoms with van der Waals surface area (Å²) in [7, 11) is 0. The lowest BCUT2D eigenvalue weighted by atomic mass is 10.1. The molecule has 3 nitrogen and oxygen atoms in total. The second-order valence-electron chi connectivity index (χ2n) is 7.32. The van der Waals surface area contributed by atoms with Gasteiger partial charge in [-0.3, -0.25) is 0 Å². The quantitative estimate of drug-likeness (QED) is 0.358. The average molecular weight is 493 g/mol. The van der Waals surface area contributed by atoms with Crippen LogP contribution in [0.15, 0.2) is 95.9 Å². The van der Waals surface area contributed by atoms with Gasteiger partial charge in [-0.05, 0) is 48.5 Å². The van der Waals surface area contributed by atoms with E-state index in [0.29, 0.717) is 0 Å². The number of imidazole rings is 1. The summed E-state index contributed by atoms with van der Waals surface area (Å²) in [6, 6.07) is 25.2. The third kappa shape index (κ3) is 3.04. The Morgan fingerprint density at radius 1 is 0.839 bits per heavy atom. The van der Waals surface area contributed by atoms with Crippen LogP contribution in [-0.2, 0) is 0 Å². The highest BCUT2D eigenvalue weighted by atomic mass is 79.9. The van der Waals surface area contributed by atoms with Crippen LogP contribution in [0.3, 0.4) is 0 Å². The number of rotatable bonds is 2. The molecule has 0 aliphatic carbocycles. The third-order valence-corrected chi connectivity index (χ3v) is 6.27. The van der Waals surface area contributed by atoms with Crippen molar-refractivity contribution in [1.82, 2.24) is 9.55 Å². The van der Waals surface area contributed by atoms with Crippen LogP contribution in [0.1, 0.15) is 0 Å². The van der Waals surface area contributed by atoms with Gasteiger partial charge in [0.2, 0.25) is 5.52 Å². The molecule has 1 N–H and O–H groups in total. The molecule has 0 radical (unpaired) electrons. The Labute approximate surface area is 192 Å². The van der Waals surface area contributed by atoms with Gasteiger partial charge in [0.05, 0.1) is 11.7 Å². The van der Waals surface area contributed by atoms with Gasteiger partial charge in [0.1, 0.15) is 11.5 Å². The fourth-order valence-corrected chi connectivity index (χ4v) is 4.70. The standard InChI is InChI=1S/C25H16BrFN3.ClH/c26-21-7-3-1-6-20(21)24-25-23-19(18-5-2-4-8-22(18)28-23)13-14-29(25)15-30(24)17-11-9-16(27)10-12-17;/h1-15,28H;1H/q+1;/p-1. The first-order chi connectivity index (χ1) is 14.7. The molecule has 0 fully saturated rings. The van der Waals surface area contributed by atoms with E-state index in [-0.39, 0.29) is 18.2 Å². The SMILES string of the molecule is Fc1ccc(-n2c[n+]3ccc4c5ccccc5[nH]c4c3c2-c2ccccc2Br)cc1.[Cl-]. The molecule has 6 rings (SSSR count). The summed E-state index contributed by atoms with van der Waals surface area (Å²) in [5.74, 6) is -0.247. The monoisotopic (exact) mass is 491 g/mol. The number of para-hydroxylation sites is 1. The zero-order chi connectivity index (χ0) is 20.2. The van der Waals surface area contributed by atoms with Crippen molar-refractivity contribution in [2.24, 2.45) is 0 Å². The first-order valence-electron chi connectivity index (χ1n) is 9.67. The van der Waals surface area contributed by atoms with Gasteiger partial charge in [0, 0.05) is 26.3 Å². The maximum absolute atomic E-state index is 13.6. The van der Waals surface area contributed by atoms with E-state index < -0.39 is 0 Å². The maximum Gasteiger partial charge on any atom is 0.254 e. The van der Waals surface area contributed by atoms with E-state index in [2.05, 4.69) is 66.4 Å². The van der Waals surface area contributed by atoms with Crippen molar-refractivity contribution in [3.63, 3.8) is 0 Å². The molecule has 0 saturated carbocycles. The maximum atomic E-state index is 13.6. The van der Waals surface area contributed by atoms with E-state index in [1.807, 2.05) is 30.6 Å². The fourth-order valence-electron chi connectivity index (χ4n) is 4.22. The van der Waals surface area contributed by atoms with Gasteiger partial charge in [-0.2, -0.15) is 8.97 Å². The van der Waals surface area contributed by atoms with Gasteiger partial charge in [-0.25, -0.2) is 4.39 Å². The van der Waals surface area contributed by atoms with E-state index >= 15 is 0 Å². The number of hydrogen-bond donors (Lipinski definition) is 1. The molecule has 0 atom stereocenters. The number of fused-ring (bicyclic) bond motifs is 5. The molecule has 0 aliphatic rings. The lowest BCUT2D eigenvalue weighted by molar-refractivity contribution is -0.510. The number of halogens is 3.